The maximum atomic E-state index is 11.9. The Morgan fingerprint density at radius 3 is 2.86 bits per heavy atom. The molecule has 6 nitrogen and oxygen atoms in total. The van der Waals surface area contributed by atoms with E-state index in [0.29, 0.717) is 43.4 Å². The maximum absolute atomic E-state index is 11.9. The monoisotopic (exact) mass is 320 g/mol. The van der Waals surface area contributed by atoms with Gasteiger partial charge in [-0.15, -0.1) is 0 Å². The minimum atomic E-state index is -0.595. The summed E-state index contributed by atoms with van der Waals surface area (Å²) in [4.78, 5) is 20.3. The molecule has 116 valence electrons. The number of nitrogens with two attached hydrogens (primary N) is 1. The van der Waals surface area contributed by atoms with Crippen LogP contribution in [0.25, 0.3) is 10.9 Å². The van der Waals surface area contributed by atoms with Gasteiger partial charge in [0.05, 0.1) is 10.9 Å². The molecule has 0 bridgehead atoms. The second-order valence-corrected chi connectivity index (χ2v) is 5.93. The Labute approximate surface area is 133 Å². The SMILES string of the molecule is NC(=O)C1(CNc2ncnc3cc(Cl)ccc23)CCOCC1. The molecular weight excluding hydrogens is 304 g/mol. The molecule has 0 atom stereocenters. The van der Waals surface area contributed by atoms with Gasteiger partial charge < -0.3 is 15.8 Å². The van der Waals surface area contributed by atoms with Crippen molar-refractivity contribution in [1.29, 1.82) is 0 Å². The lowest BCUT2D eigenvalue weighted by Gasteiger charge is -2.34. The highest BCUT2D eigenvalue weighted by atomic mass is 35.5. The summed E-state index contributed by atoms with van der Waals surface area (Å²) < 4.78 is 5.33. The van der Waals surface area contributed by atoms with Crippen molar-refractivity contribution in [2.24, 2.45) is 11.1 Å². The van der Waals surface area contributed by atoms with E-state index >= 15 is 0 Å². The van der Waals surface area contributed by atoms with Crippen LogP contribution in [0, 0.1) is 5.41 Å². The number of carbonyl (C=O) groups excluding carboxylic acids is 1. The molecule has 1 saturated heterocycles. The van der Waals surface area contributed by atoms with E-state index in [4.69, 9.17) is 22.1 Å². The zero-order valence-corrected chi connectivity index (χ0v) is 12.8. The minimum absolute atomic E-state index is 0.301. The lowest BCUT2D eigenvalue weighted by atomic mass is 9.79. The third-order valence-electron chi connectivity index (χ3n) is 4.17. The number of rotatable bonds is 4. The Morgan fingerprint density at radius 1 is 1.36 bits per heavy atom. The number of ether oxygens (including phenoxy) is 1. The van der Waals surface area contributed by atoms with Gasteiger partial charge in [-0.2, -0.15) is 0 Å². The number of amides is 1. The van der Waals surface area contributed by atoms with E-state index in [9.17, 15) is 4.79 Å². The van der Waals surface area contributed by atoms with Gasteiger partial charge >= 0.3 is 0 Å². The predicted octanol–water partition coefficient (Wildman–Crippen LogP) is 1.98. The third kappa shape index (κ3) is 2.84. The first-order valence-electron chi connectivity index (χ1n) is 7.12. The average molecular weight is 321 g/mol. The molecule has 1 fully saturated rings. The van der Waals surface area contributed by atoms with Gasteiger partial charge in [-0.05, 0) is 31.0 Å². The number of aromatic nitrogens is 2. The normalized spacial score (nSPS) is 17.3. The summed E-state index contributed by atoms with van der Waals surface area (Å²) >= 11 is 5.98. The highest BCUT2D eigenvalue weighted by Crippen LogP contribution is 2.31. The van der Waals surface area contributed by atoms with Crippen LogP contribution in [-0.4, -0.2) is 35.6 Å². The van der Waals surface area contributed by atoms with E-state index in [1.54, 1.807) is 12.1 Å². The van der Waals surface area contributed by atoms with Gasteiger partial charge in [0.1, 0.15) is 12.1 Å². The number of fused-ring (bicyclic) bond motifs is 1. The molecule has 1 aliphatic heterocycles. The fraction of sp³-hybridized carbons (Fsp3) is 0.400. The van der Waals surface area contributed by atoms with Crippen LogP contribution in [0.4, 0.5) is 5.82 Å². The van der Waals surface area contributed by atoms with Gasteiger partial charge in [-0.25, -0.2) is 9.97 Å². The largest absolute Gasteiger partial charge is 0.381 e. The van der Waals surface area contributed by atoms with Crippen molar-refractivity contribution in [3.05, 3.63) is 29.5 Å². The number of halogens is 1. The molecule has 2 aromatic rings. The van der Waals surface area contributed by atoms with Crippen molar-refractivity contribution in [3.63, 3.8) is 0 Å². The summed E-state index contributed by atoms with van der Waals surface area (Å²) in [6.07, 6.45) is 2.70. The zero-order chi connectivity index (χ0) is 15.6. The van der Waals surface area contributed by atoms with Crippen molar-refractivity contribution in [3.8, 4) is 0 Å². The molecule has 7 heteroatoms. The summed E-state index contributed by atoms with van der Waals surface area (Å²) in [5.41, 5.74) is 5.77. The quantitative estimate of drug-likeness (QED) is 0.899. The number of nitrogens with one attached hydrogen (secondary N) is 1. The van der Waals surface area contributed by atoms with Crippen molar-refractivity contribution in [2.45, 2.75) is 12.8 Å². The van der Waals surface area contributed by atoms with E-state index in [2.05, 4.69) is 15.3 Å². The van der Waals surface area contributed by atoms with Crippen molar-refractivity contribution >= 4 is 34.2 Å². The Morgan fingerprint density at radius 2 is 2.14 bits per heavy atom. The summed E-state index contributed by atoms with van der Waals surface area (Å²) in [6.45, 7) is 1.52. The fourth-order valence-electron chi connectivity index (χ4n) is 2.70. The van der Waals surface area contributed by atoms with E-state index < -0.39 is 5.41 Å². The van der Waals surface area contributed by atoms with Crippen LogP contribution in [-0.2, 0) is 9.53 Å². The van der Waals surface area contributed by atoms with Crippen molar-refractivity contribution in [2.75, 3.05) is 25.1 Å². The van der Waals surface area contributed by atoms with Crippen LogP contribution in [0.3, 0.4) is 0 Å². The summed E-state index contributed by atoms with van der Waals surface area (Å²) in [5.74, 6) is 0.374. The van der Waals surface area contributed by atoms with Gasteiger partial charge in [0.25, 0.3) is 0 Å². The minimum Gasteiger partial charge on any atom is -0.381 e. The number of benzene rings is 1. The van der Waals surface area contributed by atoms with E-state index in [0.717, 1.165) is 10.9 Å². The molecule has 0 radical (unpaired) electrons. The van der Waals surface area contributed by atoms with Gasteiger partial charge in [-0.1, -0.05) is 11.6 Å². The van der Waals surface area contributed by atoms with Crippen molar-refractivity contribution in [1.82, 2.24) is 9.97 Å². The molecule has 0 spiro atoms. The number of primary amides is 1. The Bertz CT molecular complexity index is 701. The molecule has 22 heavy (non-hydrogen) atoms. The number of hydrogen-bond donors (Lipinski definition) is 2. The summed E-state index contributed by atoms with van der Waals surface area (Å²) in [7, 11) is 0. The highest BCUT2D eigenvalue weighted by molar-refractivity contribution is 6.31. The Kier molecular flexibility index (Phi) is 4.13. The number of nitrogens with zero attached hydrogens (tertiary/aromatic N) is 2. The lowest BCUT2D eigenvalue weighted by molar-refractivity contribution is -0.132. The molecule has 3 N–H and O–H groups in total. The molecule has 1 aromatic heterocycles. The molecular formula is C15H17ClN4O2. The first kappa shape index (κ1) is 15.0. The molecule has 1 amide bonds. The topological polar surface area (TPSA) is 90.1 Å². The van der Waals surface area contributed by atoms with Gasteiger partial charge in [-0.3, -0.25) is 4.79 Å². The smallest absolute Gasteiger partial charge is 0.225 e. The standard InChI is InChI=1S/C15H17ClN4O2/c16-10-1-2-11-12(7-10)19-9-20-13(11)18-8-15(14(17)21)3-5-22-6-4-15/h1-2,7,9H,3-6,8H2,(H2,17,21)(H,18,19,20). The van der Waals surface area contributed by atoms with Gasteiger partial charge in [0.15, 0.2) is 0 Å². The second kappa shape index (κ2) is 6.06. The number of anilines is 1. The van der Waals surface area contributed by atoms with Crippen LogP contribution in [0.2, 0.25) is 5.02 Å². The first-order valence-corrected chi connectivity index (χ1v) is 7.50. The molecule has 2 heterocycles. The zero-order valence-electron chi connectivity index (χ0n) is 12.0. The average Bonchev–Trinajstić information content (AvgIpc) is 2.53. The number of hydrogen-bond acceptors (Lipinski definition) is 5. The second-order valence-electron chi connectivity index (χ2n) is 5.49. The third-order valence-corrected chi connectivity index (χ3v) is 4.40. The van der Waals surface area contributed by atoms with E-state index in [1.165, 1.54) is 6.33 Å². The van der Waals surface area contributed by atoms with Crippen LogP contribution in [0.15, 0.2) is 24.5 Å². The Balaban J connectivity index is 1.85. The predicted molar refractivity (Wildman–Crippen MR) is 84.7 cm³/mol. The number of carbonyl (C=O) groups is 1. The maximum Gasteiger partial charge on any atom is 0.225 e. The Hall–Kier alpha value is -1.92. The molecule has 0 unspecified atom stereocenters. The molecule has 1 aromatic carbocycles. The lowest BCUT2D eigenvalue weighted by Crippen LogP contribution is -2.46. The fourth-order valence-corrected chi connectivity index (χ4v) is 2.86. The van der Waals surface area contributed by atoms with Crippen LogP contribution >= 0.6 is 11.6 Å². The van der Waals surface area contributed by atoms with Crippen LogP contribution in [0.5, 0.6) is 0 Å². The van der Waals surface area contributed by atoms with E-state index in [1.807, 2.05) is 6.07 Å². The van der Waals surface area contributed by atoms with Crippen molar-refractivity contribution < 1.29 is 9.53 Å². The summed E-state index contributed by atoms with van der Waals surface area (Å²) in [5, 5.41) is 4.73. The van der Waals surface area contributed by atoms with Crippen LogP contribution < -0.4 is 11.1 Å². The van der Waals surface area contributed by atoms with E-state index in [-0.39, 0.29) is 5.91 Å². The molecule has 3 rings (SSSR count). The molecule has 0 aliphatic carbocycles. The summed E-state index contributed by atoms with van der Waals surface area (Å²) in [6, 6.07) is 5.43. The highest BCUT2D eigenvalue weighted by Gasteiger charge is 2.38. The molecule has 0 saturated carbocycles. The molecule has 1 aliphatic rings. The van der Waals surface area contributed by atoms with Gasteiger partial charge in [0, 0.05) is 30.2 Å². The first-order chi connectivity index (χ1) is 10.6. The van der Waals surface area contributed by atoms with Crippen LogP contribution in [0.1, 0.15) is 12.8 Å². The van der Waals surface area contributed by atoms with Gasteiger partial charge in [0.2, 0.25) is 5.91 Å².